The smallest absolute Gasteiger partial charge is 0.255 e. The summed E-state index contributed by atoms with van der Waals surface area (Å²) in [5, 5.41) is 0. The van der Waals surface area contributed by atoms with E-state index in [0.29, 0.717) is 11.5 Å². The van der Waals surface area contributed by atoms with Crippen molar-refractivity contribution in [2.75, 3.05) is 12.8 Å². The Kier molecular flexibility index (Phi) is 4.70. The number of anilines is 1. The average Bonchev–Trinajstić information content (AvgIpc) is 2.26. The minimum atomic E-state index is -0.429. The van der Waals surface area contributed by atoms with Crippen LogP contribution >= 0.6 is 0 Å². The van der Waals surface area contributed by atoms with Crippen LogP contribution in [0.25, 0.3) is 0 Å². The molecule has 1 atom stereocenters. The van der Waals surface area contributed by atoms with Crippen LogP contribution in [0.15, 0.2) is 18.2 Å². The van der Waals surface area contributed by atoms with E-state index in [1.54, 1.807) is 11.9 Å². The SMILES string of the molecule is CC(C)CC(C)N(C)C(=O)c1ccc(F)cc1N. The Labute approximate surface area is 108 Å². The average molecular weight is 252 g/mol. The molecule has 0 heterocycles. The number of benzene rings is 1. The van der Waals surface area contributed by atoms with Gasteiger partial charge >= 0.3 is 0 Å². The molecular formula is C14H21FN2O. The lowest BCUT2D eigenvalue weighted by molar-refractivity contribution is 0.0729. The van der Waals surface area contributed by atoms with E-state index in [1.807, 2.05) is 6.92 Å². The number of carbonyl (C=O) groups excluding carboxylic acids is 1. The number of carbonyl (C=O) groups is 1. The molecule has 3 nitrogen and oxygen atoms in total. The van der Waals surface area contributed by atoms with Crippen LogP contribution in [-0.4, -0.2) is 23.9 Å². The van der Waals surface area contributed by atoms with Gasteiger partial charge in [0.05, 0.1) is 5.56 Å². The molecule has 100 valence electrons. The molecule has 0 fully saturated rings. The van der Waals surface area contributed by atoms with E-state index in [2.05, 4.69) is 13.8 Å². The van der Waals surface area contributed by atoms with Crippen LogP contribution in [-0.2, 0) is 0 Å². The summed E-state index contributed by atoms with van der Waals surface area (Å²) in [4.78, 5) is 13.9. The van der Waals surface area contributed by atoms with Gasteiger partial charge in [0.1, 0.15) is 5.82 Å². The lowest BCUT2D eigenvalue weighted by Crippen LogP contribution is -2.36. The summed E-state index contributed by atoms with van der Waals surface area (Å²) < 4.78 is 12.9. The Morgan fingerprint density at radius 2 is 2.00 bits per heavy atom. The van der Waals surface area contributed by atoms with Crippen LogP contribution in [0.3, 0.4) is 0 Å². The molecule has 4 heteroatoms. The first-order valence-corrected chi connectivity index (χ1v) is 6.15. The second-order valence-corrected chi connectivity index (χ2v) is 5.13. The molecule has 0 saturated carbocycles. The highest BCUT2D eigenvalue weighted by molar-refractivity contribution is 5.99. The maximum atomic E-state index is 12.9. The van der Waals surface area contributed by atoms with Gasteiger partial charge in [0.15, 0.2) is 0 Å². The minimum Gasteiger partial charge on any atom is -0.398 e. The van der Waals surface area contributed by atoms with Crippen LogP contribution in [0.2, 0.25) is 0 Å². The molecule has 0 bridgehead atoms. The summed E-state index contributed by atoms with van der Waals surface area (Å²) in [6.45, 7) is 6.22. The molecule has 1 unspecified atom stereocenters. The van der Waals surface area contributed by atoms with Crippen molar-refractivity contribution in [3.63, 3.8) is 0 Å². The van der Waals surface area contributed by atoms with Gasteiger partial charge in [-0.05, 0) is 37.5 Å². The second-order valence-electron chi connectivity index (χ2n) is 5.13. The van der Waals surface area contributed by atoms with Crippen molar-refractivity contribution >= 4 is 11.6 Å². The van der Waals surface area contributed by atoms with E-state index < -0.39 is 5.82 Å². The van der Waals surface area contributed by atoms with Crippen LogP contribution in [0.1, 0.15) is 37.6 Å². The number of nitrogens with two attached hydrogens (primary N) is 1. The van der Waals surface area contributed by atoms with Gasteiger partial charge in [-0.25, -0.2) is 4.39 Å². The zero-order valence-corrected chi connectivity index (χ0v) is 11.4. The van der Waals surface area contributed by atoms with Crippen molar-refractivity contribution in [3.05, 3.63) is 29.6 Å². The van der Waals surface area contributed by atoms with Crippen LogP contribution in [0.4, 0.5) is 10.1 Å². The molecule has 0 radical (unpaired) electrons. The molecule has 1 aromatic rings. The molecule has 0 aliphatic heterocycles. The number of hydrogen-bond acceptors (Lipinski definition) is 2. The highest BCUT2D eigenvalue weighted by Crippen LogP contribution is 2.18. The van der Waals surface area contributed by atoms with E-state index in [0.717, 1.165) is 6.42 Å². The van der Waals surface area contributed by atoms with Crippen molar-refractivity contribution < 1.29 is 9.18 Å². The molecule has 1 rings (SSSR count). The molecule has 0 spiro atoms. The van der Waals surface area contributed by atoms with Gasteiger partial charge in [-0.2, -0.15) is 0 Å². The number of rotatable bonds is 4. The Hall–Kier alpha value is -1.58. The fourth-order valence-electron chi connectivity index (χ4n) is 1.96. The molecule has 0 aromatic heterocycles. The monoisotopic (exact) mass is 252 g/mol. The first-order chi connectivity index (χ1) is 8.32. The number of nitrogen functional groups attached to an aromatic ring is 1. The van der Waals surface area contributed by atoms with E-state index in [-0.39, 0.29) is 17.6 Å². The summed E-state index contributed by atoms with van der Waals surface area (Å²) in [5.74, 6) is -0.0802. The van der Waals surface area contributed by atoms with Crippen molar-refractivity contribution in [2.45, 2.75) is 33.2 Å². The predicted molar refractivity (Wildman–Crippen MR) is 71.8 cm³/mol. The van der Waals surface area contributed by atoms with Crippen molar-refractivity contribution in [3.8, 4) is 0 Å². The Bertz CT molecular complexity index is 432. The first kappa shape index (κ1) is 14.5. The van der Waals surface area contributed by atoms with Gasteiger partial charge in [0.25, 0.3) is 5.91 Å². The third-order valence-electron chi connectivity index (χ3n) is 3.04. The van der Waals surface area contributed by atoms with Gasteiger partial charge in [-0.15, -0.1) is 0 Å². The molecule has 2 N–H and O–H groups in total. The molecule has 18 heavy (non-hydrogen) atoms. The van der Waals surface area contributed by atoms with Gasteiger partial charge < -0.3 is 10.6 Å². The third-order valence-corrected chi connectivity index (χ3v) is 3.04. The van der Waals surface area contributed by atoms with Crippen LogP contribution in [0, 0.1) is 11.7 Å². The quantitative estimate of drug-likeness (QED) is 0.837. The number of hydrogen-bond donors (Lipinski definition) is 1. The van der Waals surface area contributed by atoms with E-state index in [1.165, 1.54) is 18.2 Å². The summed E-state index contributed by atoms with van der Waals surface area (Å²) in [6.07, 6.45) is 0.920. The maximum Gasteiger partial charge on any atom is 0.255 e. The second kappa shape index (κ2) is 5.85. The Balaban J connectivity index is 2.86. The summed E-state index contributed by atoms with van der Waals surface area (Å²) in [6, 6.07) is 3.99. The van der Waals surface area contributed by atoms with Gasteiger partial charge in [0, 0.05) is 18.8 Å². The fraction of sp³-hybridized carbons (Fsp3) is 0.500. The largest absolute Gasteiger partial charge is 0.398 e. The summed E-state index contributed by atoms with van der Waals surface area (Å²) in [7, 11) is 1.75. The summed E-state index contributed by atoms with van der Waals surface area (Å²) >= 11 is 0. The van der Waals surface area contributed by atoms with E-state index in [9.17, 15) is 9.18 Å². The van der Waals surface area contributed by atoms with Crippen molar-refractivity contribution in [2.24, 2.45) is 5.92 Å². The Morgan fingerprint density at radius 3 is 2.50 bits per heavy atom. The minimum absolute atomic E-state index is 0.127. The predicted octanol–water partition coefficient (Wildman–Crippen LogP) is 2.91. The lowest BCUT2D eigenvalue weighted by atomic mass is 10.0. The zero-order chi connectivity index (χ0) is 13.9. The van der Waals surface area contributed by atoms with Gasteiger partial charge in [-0.3, -0.25) is 4.79 Å². The van der Waals surface area contributed by atoms with E-state index in [4.69, 9.17) is 5.73 Å². The first-order valence-electron chi connectivity index (χ1n) is 6.15. The normalized spacial score (nSPS) is 12.6. The number of halogens is 1. The molecule has 0 aliphatic rings. The molecule has 0 saturated heterocycles. The number of nitrogens with zero attached hydrogens (tertiary/aromatic N) is 1. The molecule has 1 amide bonds. The fourth-order valence-corrected chi connectivity index (χ4v) is 1.96. The highest BCUT2D eigenvalue weighted by Gasteiger charge is 2.20. The van der Waals surface area contributed by atoms with Crippen molar-refractivity contribution in [1.29, 1.82) is 0 Å². The standard InChI is InChI=1S/C14H21FN2O/c1-9(2)7-10(3)17(4)14(18)12-6-5-11(15)8-13(12)16/h5-6,8-10H,7,16H2,1-4H3. The van der Waals surface area contributed by atoms with Crippen LogP contribution in [0.5, 0.6) is 0 Å². The number of amides is 1. The van der Waals surface area contributed by atoms with Gasteiger partial charge in [-0.1, -0.05) is 13.8 Å². The van der Waals surface area contributed by atoms with Crippen molar-refractivity contribution in [1.82, 2.24) is 4.90 Å². The molecular weight excluding hydrogens is 231 g/mol. The Morgan fingerprint density at radius 1 is 1.39 bits per heavy atom. The lowest BCUT2D eigenvalue weighted by Gasteiger charge is -2.26. The van der Waals surface area contributed by atoms with Gasteiger partial charge in [0.2, 0.25) is 0 Å². The van der Waals surface area contributed by atoms with Crippen LogP contribution < -0.4 is 5.73 Å². The maximum absolute atomic E-state index is 12.9. The third kappa shape index (κ3) is 3.45. The highest BCUT2D eigenvalue weighted by atomic mass is 19.1. The van der Waals surface area contributed by atoms with E-state index >= 15 is 0 Å². The topological polar surface area (TPSA) is 46.3 Å². The molecule has 0 aliphatic carbocycles. The summed E-state index contributed by atoms with van der Waals surface area (Å²) in [5.41, 5.74) is 6.21. The molecule has 1 aromatic carbocycles. The zero-order valence-electron chi connectivity index (χ0n) is 11.4.